The highest BCUT2D eigenvalue weighted by molar-refractivity contribution is 5.00. The molecule has 2 unspecified atom stereocenters. The summed E-state index contributed by atoms with van der Waals surface area (Å²) in [5, 5.41) is 3.85. The average Bonchev–Trinajstić information content (AvgIpc) is 2.72. The first kappa shape index (κ1) is 16.3. The van der Waals surface area contributed by atoms with Gasteiger partial charge in [0.25, 0.3) is 0 Å². The molecule has 118 valence electrons. The Balaban J connectivity index is 1.91. The van der Waals surface area contributed by atoms with Crippen LogP contribution in [0.25, 0.3) is 0 Å². The molecule has 0 aliphatic heterocycles. The Morgan fingerprint density at radius 2 is 1.80 bits per heavy atom. The van der Waals surface area contributed by atoms with Crippen molar-refractivity contribution < 1.29 is 0 Å². The van der Waals surface area contributed by atoms with Crippen LogP contribution < -0.4 is 5.32 Å². The number of nitrogens with zero attached hydrogens (tertiary/aromatic N) is 1. The van der Waals surface area contributed by atoms with Gasteiger partial charge in [-0.15, -0.1) is 0 Å². The predicted molar refractivity (Wildman–Crippen MR) is 88.1 cm³/mol. The van der Waals surface area contributed by atoms with E-state index in [1.165, 1.54) is 64.5 Å². The Kier molecular flexibility index (Phi) is 5.92. The van der Waals surface area contributed by atoms with Gasteiger partial charge in [-0.3, -0.25) is 0 Å². The molecular formula is C18H36N2. The summed E-state index contributed by atoms with van der Waals surface area (Å²) in [7, 11) is 2.38. The van der Waals surface area contributed by atoms with Crippen molar-refractivity contribution in [3.05, 3.63) is 0 Å². The molecule has 20 heavy (non-hydrogen) atoms. The lowest BCUT2D eigenvalue weighted by Crippen LogP contribution is -2.51. The molecule has 0 bridgehead atoms. The zero-order chi connectivity index (χ0) is 14.6. The van der Waals surface area contributed by atoms with Crippen molar-refractivity contribution in [3.63, 3.8) is 0 Å². The third-order valence-corrected chi connectivity index (χ3v) is 5.76. The third kappa shape index (κ3) is 3.98. The second kappa shape index (κ2) is 7.26. The molecule has 0 aromatic heterocycles. The Hall–Kier alpha value is -0.0800. The molecule has 0 radical (unpaired) electrons. The largest absolute Gasteiger partial charge is 0.312 e. The summed E-state index contributed by atoms with van der Waals surface area (Å²) in [6.45, 7) is 9.67. The summed E-state index contributed by atoms with van der Waals surface area (Å²) in [6.07, 6.45) is 11.3. The zero-order valence-corrected chi connectivity index (χ0v) is 14.3. The fourth-order valence-electron chi connectivity index (χ4n) is 4.46. The highest BCUT2D eigenvalue weighted by Gasteiger charge is 2.43. The van der Waals surface area contributed by atoms with Crippen LogP contribution in [0.3, 0.4) is 0 Å². The van der Waals surface area contributed by atoms with Crippen molar-refractivity contribution in [2.75, 3.05) is 20.1 Å². The smallest absolute Gasteiger partial charge is 0.0274 e. The topological polar surface area (TPSA) is 15.3 Å². The van der Waals surface area contributed by atoms with Gasteiger partial charge in [0, 0.05) is 18.6 Å². The highest BCUT2D eigenvalue weighted by atomic mass is 15.2. The monoisotopic (exact) mass is 280 g/mol. The quantitative estimate of drug-likeness (QED) is 0.789. The summed E-state index contributed by atoms with van der Waals surface area (Å²) in [6, 6.07) is 1.43. The molecule has 0 saturated heterocycles. The molecule has 2 aliphatic rings. The third-order valence-electron chi connectivity index (χ3n) is 5.76. The molecule has 1 N–H and O–H groups in total. The molecule has 2 nitrogen and oxygen atoms in total. The van der Waals surface area contributed by atoms with E-state index in [0.29, 0.717) is 11.5 Å². The molecule has 2 aliphatic carbocycles. The van der Waals surface area contributed by atoms with Crippen molar-refractivity contribution in [2.45, 2.75) is 84.2 Å². The van der Waals surface area contributed by atoms with Gasteiger partial charge in [0.2, 0.25) is 0 Å². The van der Waals surface area contributed by atoms with Crippen LogP contribution >= 0.6 is 0 Å². The second-order valence-corrected chi connectivity index (χ2v) is 7.97. The Bertz CT molecular complexity index is 281. The van der Waals surface area contributed by atoms with E-state index in [1.807, 2.05) is 0 Å². The molecule has 0 aromatic rings. The van der Waals surface area contributed by atoms with Crippen LogP contribution in [0.15, 0.2) is 0 Å². The summed E-state index contributed by atoms with van der Waals surface area (Å²) >= 11 is 0. The minimum Gasteiger partial charge on any atom is -0.312 e. The van der Waals surface area contributed by atoms with Crippen LogP contribution in [0.1, 0.15) is 72.1 Å². The molecule has 0 aromatic carbocycles. The van der Waals surface area contributed by atoms with Crippen molar-refractivity contribution in [1.29, 1.82) is 0 Å². The molecule has 0 spiro atoms. The molecule has 2 rings (SSSR count). The first-order valence-corrected chi connectivity index (χ1v) is 8.98. The summed E-state index contributed by atoms with van der Waals surface area (Å²) in [5.74, 6) is 0.962. The minimum atomic E-state index is 0.459. The second-order valence-electron chi connectivity index (χ2n) is 7.97. The molecule has 2 fully saturated rings. The Morgan fingerprint density at radius 1 is 1.10 bits per heavy atom. The fraction of sp³-hybridized carbons (Fsp3) is 1.00. The zero-order valence-electron chi connectivity index (χ0n) is 14.3. The Labute approximate surface area is 126 Å². The Morgan fingerprint density at radius 3 is 2.45 bits per heavy atom. The van der Waals surface area contributed by atoms with Crippen molar-refractivity contribution >= 4 is 0 Å². The molecule has 0 amide bonds. The lowest BCUT2D eigenvalue weighted by atomic mass is 9.85. The van der Waals surface area contributed by atoms with Gasteiger partial charge in [-0.1, -0.05) is 40.0 Å². The van der Waals surface area contributed by atoms with Crippen LogP contribution in [-0.2, 0) is 0 Å². The molecule has 0 heterocycles. The minimum absolute atomic E-state index is 0.459. The summed E-state index contributed by atoms with van der Waals surface area (Å²) in [4.78, 5) is 2.69. The van der Waals surface area contributed by atoms with Gasteiger partial charge in [0.1, 0.15) is 0 Å². The van der Waals surface area contributed by atoms with Crippen LogP contribution in [-0.4, -0.2) is 37.1 Å². The lowest BCUT2D eigenvalue weighted by molar-refractivity contribution is 0.140. The van der Waals surface area contributed by atoms with E-state index < -0.39 is 0 Å². The lowest BCUT2D eigenvalue weighted by Gasteiger charge is -2.38. The predicted octanol–water partition coefficient (Wildman–Crippen LogP) is 4.06. The van der Waals surface area contributed by atoms with Crippen LogP contribution in [0, 0.1) is 11.3 Å². The molecular weight excluding hydrogens is 244 g/mol. The van der Waals surface area contributed by atoms with E-state index in [4.69, 9.17) is 0 Å². The SMILES string of the molecule is CCCNC1C(N(C)CC2CCCCC2)CCC1(C)C. The molecule has 2 atom stereocenters. The van der Waals surface area contributed by atoms with Crippen molar-refractivity contribution in [2.24, 2.45) is 11.3 Å². The van der Waals surface area contributed by atoms with Crippen LogP contribution in [0.4, 0.5) is 0 Å². The first-order valence-electron chi connectivity index (χ1n) is 8.98. The number of nitrogens with one attached hydrogen (secondary N) is 1. The number of hydrogen-bond acceptors (Lipinski definition) is 2. The van der Waals surface area contributed by atoms with Gasteiger partial charge in [0.15, 0.2) is 0 Å². The van der Waals surface area contributed by atoms with Crippen molar-refractivity contribution in [1.82, 2.24) is 10.2 Å². The van der Waals surface area contributed by atoms with Gasteiger partial charge in [-0.05, 0) is 57.0 Å². The van der Waals surface area contributed by atoms with E-state index in [1.54, 1.807) is 0 Å². The van der Waals surface area contributed by atoms with Crippen LogP contribution in [0.2, 0.25) is 0 Å². The first-order chi connectivity index (χ1) is 9.54. The van der Waals surface area contributed by atoms with E-state index in [0.717, 1.165) is 12.0 Å². The molecule has 2 heteroatoms. The maximum Gasteiger partial charge on any atom is 0.0274 e. The van der Waals surface area contributed by atoms with Gasteiger partial charge < -0.3 is 10.2 Å². The molecule has 2 saturated carbocycles. The van der Waals surface area contributed by atoms with Gasteiger partial charge in [-0.25, -0.2) is 0 Å². The summed E-state index contributed by atoms with van der Waals surface area (Å²) < 4.78 is 0. The maximum atomic E-state index is 3.85. The number of likely N-dealkylation sites (N-methyl/N-ethyl adjacent to an activating group) is 1. The van der Waals surface area contributed by atoms with E-state index in [-0.39, 0.29) is 0 Å². The fourth-order valence-corrected chi connectivity index (χ4v) is 4.46. The van der Waals surface area contributed by atoms with E-state index in [9.17, 15) is 0 Å². The van der Waals surface area contributed by atoms with E-state index in [2.05, 4.69) is 38.0 Å². The highest BCUT2D eigenvalue weighted by Crippen LogP contribution is 2.40. The van der Waals surface area contributed by atoms with Crippen LogP contribution in [0.5, 0.6) is 0 Å². The normalized spacial score (nSPS) is 31.1. The standard InChI is InChI=1S/C18H36N2/c1-5-13-19-17-16(11-12-18(17,2)3)20(4)14-15-9-7-6-8-10-15/h15-17,19H,5-14H2,1-4H3. The van der Waals surface area contributed by atoms with Gasteiger partial charge in [0.05, 0.1) is 0 Å². The van der Waals surface area contributed by atoms with Crippen molar-refractivity contribution in [3.8, 4) is 0 Å². The number of rotatable bonds is 6. The summed E-state index contributed by atoms with van der Waals surface area (Å²) in [5.41, 5.74) is 0.459. The number of hydrogen-bond donors (Lipinski definition) is 1. The maximum absolute atomic E-state index is 3.85. The van der Waals surface area contributed by atoms with Gasteiger partial charge >= 0.3 is 0 Å². The van der Waals surface area contributed by atoms with Gasteiger partial charge in [-0.2, -0.15) is 0 Å². The van der Waals surface area contributed by atoms with E-state index >= 15 is 0 Å². The average molecular weight is 280 g/mol.